The first kappa shape index (κ1) is 25.1. The molecule has 0 aliphatic carbocycles. The number of carbonyl (C=O) groups is 3. The topological polar surface area (TPSA) is 122 Å². The lowest BCUT2D eigenvalue weighted by atomic mass is 10.0. The number of nitrogens with zero attached hydrogens (tertiary/aromatic N) is 1. The average molecular weight is 505 g/mol. The lowest BCUT2D eigenvalue weighted by Crippen LogP contribution is -2.15. The van der Waals surface area contributed by atoms with Gasteiger partial charge in [0.15, 0.2) is 0 Å². The summed E-state index contributed by atoms with van der Waals surface area (Å²) in [5.74, 6) is -1.08. The number of hydrogen-bond acceptors (Lipinski definition) is 7. The molecule has 0 saturated carbocycles. The van der Waals surface area contributed by atoms with Crippen LogP contribution in [0.1, 0.15) is 33.5 Å². The minimum absolute atomic E-state index is 0.131. The van der Waals surface area contributed by atoms with Crippen LogP contribution in [-0.2, 0) is 14.3 Å². The van der Waals surface area contributed by atoms with E-state index in [0.717, 1.165) is 5.56 Å². The zero-order valence-electron chi connectivity index (χ0n) is 18.6. The van der Waals surface area contributed by atoms with Crippen molar-refractivity contribution in [3.05, 3.63) is 63.5 Å². The molecule has 11 heteroatoms. The van der Waals surface area contributed by atoms with Gasteiger partial charge in [0.2, 0.25) is 0 Å². The van der Waals surface area contributed by atoms with Gasteiger partial charge in [-0.2, -0.15) is 0 Å². The van der Waals surface area contributed by atoms with Gasteiger partial charge < -0.3 is 25.1 Å². The van der Waals surface area contributed by atoms with E-state index >= 15 is 0 Å². The van der Waals surface area contributed by atoms with Crippen LogP contribution in [0.2, 0.25) is 10.0 Å². The van der Waals surface area contributed by atoms with Gasteiger partial charge in [-0.1, -0.05) is 35.3 Å². The summed E-state index contributed by atoms with van der Waals surface area (Å²) in [5.41, 5.74) is 2.98. The Morgan fingerprint density at radius 3 is 2.38 bits per heavy atom. The summed E-state index contributed by atoms with van der Waals surface area (Å²) in [5, 5.41) is 6.18. The summed E-state index contributed by atoms with van der Waals surface area (Å²) in [4.78, 5) is 42.8. The number of pyridine rings is 1. The highest BCUT2D eigenvalue weighted by atomic mass is 35.5. The Balaban J connectivity index is 1.76. The second-order valence-electron chi connectivity index (χ2n) is 7.16. The number of anilines is 2. The van der Waals surface area contributed by atoms with Crippen LogP contribution in [0.15, 0.2) is 36.5 Å². The van der Waals surface area contributed by atoms with Gasteiger partial charge in [-0.15, -0.1) is 0 Å². The van der Waals surface area contributed by atoms with E-state index < -0.39 is 17.8 Å². The number of benzene rings is 1. The molecule has 0 unspecified atom stereocenters. The molecule has 34 heavy (non-hydrogen) atoms. The summed E-state index contributed by atoms with van der Waals surface area (Å²) < 4.78 is 9.73. The maximum atomic E-state index is 12.5. The number of halogens is 2. The third kappa shape index (κ3) is 5.86. The van der Waals surface area contributed by atoms with Gasteiger partial charge in [0, 0.05) is 30.1 Å². The number of carbonyl (C=O) groups excluding carboxylic acids is 3. The molecule has 0 radical (unpaired) electrons. The third-order valence-corrected chi connectivity index (χ3v) is 5.70. The summed E-state index contributed by atoms with van der Waals surface area (Å²) in [6, 6.07) is 8.61. The minimum Gasteiger partial charge on any atom is -0.465 e. The Hall–Kier alpha value is -3.56. The van der Waals surface area contributed by atoms with Crippen molar-refractivity contribution in [3.8, 4) is 11.1 Å². The summed E-state index contributed by atoms with van der Waals surface area (Å²) in [6.45, 7) is 3.44. The van der Waals surface area contributed by atoms with Gasteiger partial charge in [-0.25, -0.2) is 9.78 Å². The smallest absolute Gasteiger partial charge is 0.341 e. The van der Waals surface area contributed by atoms with Crippen LogP contribution in [0, 0.1) is 6.92 Å². The van der Waals surface area contributed by atoms with Crippen molar-refractivity contribution >= 4 is 52.6 Å². The lowest BCUT2D eigenvalue weighted by molar-refractivity contribution is -0.140. The van der Waals surface area contributed by atoms with Crippen LogP contribution >= 0.6 is 23.2 Å². The fourth-order valence-electron chi connectivity index (χ4n) is 3.06. The predicted molar refractivity (Wildman–Crippen MR) is 130 cm³/mol. The van der Waals surface area contributed by atoms with Crippen molar-refractivity contribution < 1.29 is 23.9 Å². The molecule has 3 N–H and O–H groups in total. The zero-order chi connectivity index (χ0) is 24.8. The molecule has 0 atom stereocenters. The van der Waals surface area contributed by atoms with Gasteiger partial charge in [0.05, 0.1) is 23.7 Å². The van der Waals surface area contributed by atoms with Gasteiger partial charge in [0.25, 0.3) is 5.91 Å². The van der Waals surface area contributed by atoms with E-state index in [0.29, 0.717) is 27.8 Å². The predicted octanol–water partition coefficient (Wildman–Crippen LogP) is 4.71. The molecule has 2 aromatic heterocycles. The van der Waals surface area contributed by atoms with Crippen LogP contribution in [0.25, 0.3) is 11.1 Å². The van der Waals surface area contributed by atoms with Crippen LogP contribution in [0.5, 0.6) is 0 Å². The molecule has 0 bridgehead atoms. The Bertz CT molecular complexity index is 1220. The molecular weight excluding hydrogens is 483 g/mol. The number of ether oxygens (including phenoxy) is 2. The van der Waals surface area contributed by atoms with Gasteiger partial charge in [-0.3, -0.25) is 9.59 Å². The number of nitrogens with one attached hydrogen (secondary N) is 3. The summed E-state index contributed by atoms with van der Waals surface area (Å²) >= 11 is 12.1. The maximum Gasteiger partial charge on any atom is 0.341 e. The molecular formula is C23H22Cl2N4O5. The SMILES string of the molecule is COC(=O)c1cc(-c2ccc(NC(=O)c3[nH]c(C)c(Cl)c3Cl)cc2)cnc1NCCOC(C)=O. The molecule has 0 aliphatic rings. The molecule has 1 aromatic carbocycles. The van der Waals surface area contributed by atoms with Crippen molar-refractivity contribution in [1.82, 2.24) is 9.97 Å². The van der Waals surface area contributed by atoms with E-state index in [9.17, 15) is 14.4 Å². The molecule has 0 fully saturated rings. The summed E-state index contributed by atoms with van der Waals surface area (Å²) in [6.07, 6.45) is 1.59. The molecule has 3 rings (SSSR count). The Labute approximate surface area is 205 Å². The van der Waals surface area contributed by atoms with E-state index in [2.05, 4.69) is 20.6 Å². The summed E-state index contributed by atoms with van der Waals surface area (Å²) in [7, 11) is 1.28. The van der Waals surface area contributed by atoms with Crippen molar-refractivity contribution in [2.45, 2.75) is 13.8 Å². The number of aryl methyl sites for hydroxylation is 1. The second kappa shape index (κ2) is 11.0. The number of aromatic nitrogens is 2. The molecule has 9 nitrogen and oxygen atoms in total. The van der Waals surface area contributed by atoms with Crippen molar-refractivity contribution in [2.24, 2.45) is 0 Å². The first-order valence-corrected chi connectivity index (χ1v) is 10.9. The number of methoxy groups -OCH3 is 1. The molecule has 0 saturated heterocycles. The van der Waals surface area contributed by atoms with Crippen molar-refractivity contribution in [2.75, 3.05) is 30.9 Å². The average Bonchev–Trinajstić information content (AvgIpc) is 3.09. The standard InChI is InChI=1S/C23H22Cl2N4O5/c1-12-18(24)19(25)20(28-12)22(31)29-16-6-4-14(5-7-16)15-10-17(23(32)33-3)21(27-11-15)26-8-9-34-13(2)30/h4-7,10-11,28H,8-9H2,1-3H3,(H,26,27)(H,29,31). The maximum absolute atomic E-state index is 12.5. The largest absolute Gasteiger partial charge is 0.465 e. The van der Waals surface area contributed by atoms with E-state index in [1.54, 1.807) is 43.5 Å². The van der Waals surface area contributed by atoms with E-state index in [4.69, 9.17) is 32.7 Å². The minimum atomic E-state index is -0.565. The normalized spacial score (nSPS) is 10.5. The van der Waals surface area contributed by atoms with Gasteiger partial charge in [0.1, 0.15) is 23.7 Å². The Kier molecular flexibility index (Phi) is 8.14. The molecule has 3 aromatic rings. The molecule has 0 spiro atoms. The van der Waals surface area contributed by atoms with Crippen molar-refractivity contribution in [3.63, 3.8) is 0 Å². The quantitative estimate of drug-likeness (QED) is 0.300. The highest BCUT2D eigenvalue weighted by Gasteiger charge is 2.18. The Morgan fingerprint density at radius 1 is 1.09 bits per heavy atom. The Morgan fingerprint density at radius 2 is 1.79 bits per heavy atom. The third-order valence-electron chi connectivity index (χ3n) is 4.75. The molecule has 2 heterocycles. The van der Waals surface area contributed by atoms with Crippen LogP contribution in [0.4, 0.5) is 11.5 Å². The molecule has 1 amide bonds. The first-order valence-electron chi connectivity index (χ1n) is 10.1. The van der Waals surface area contributed by atoms with Gasteiger partial charge in [-0.05, 0) is 30.7 Å². The molecule has 0 aliphatic heterocycles. The fourth-order valence-corrected chi connectivity index (χ4v) is 3.48. The van der Waals surface area contributed by atoms with Gasteiger partial charge >= 0.3 is 11.9 Å². The van der Waals surface area contributed by atoms with Crippen molar-refractivity contribution in [1.29, 1.82) is 0 Å². The monoisotopic (exact) mass is 504 g/mol. The fraction of sp³-hybridized carbons (Fsp3) is 0.217. The van der Waals surface area contributed by atoms with Crippen LogP contribution in [0.3, 0.4) is 0 Å². The zero-order valence-corrected chi connectivity index (χ0v) is 20.1. The highest BCUT2D eigenvalue weighted by Crippen LogP contribution is 2.30. The van der Waals surface area contributed by atoms with Crippen LogP contribution < -0.4 is 10.6 Å². The number of aromatic amines is 1. The first-order chi connectivity index (χ1) is 16.2. The lowest BCUT2D eigenvalue weighted by Gasteiger charge is -2.12. The van der Waals surface area contributed by atoms with E-state index in [1.807, 2.05) is 0 Å². The number of rotatable bonds is 8. The number of esters is 2. The van der Waals surface area contributed by atoms with E-state index in [-0.39, 0.29) is 29.4 Å². The van der Waals surface area contributed by atoms with E-state index in [1.165, 1.54) is 14.0 Å². The number of amides is 1. The highest BCUT2D eigenvalue weighted by molar-refractivity contribution is 6.44. The second-order valence-corrected chi connectivity index (χ2v) is 7.92. The van der Waals surface area contributed by atoms with Crippen LogP contribution in [-0.4, -0.2) is 48.1 Å². The number of H-pyrrole nitrogens is 1. The number of hydrogen-bond donors (Lipinski definition) is 3. The molecule has 178 valence electrons.